The summed E-state index contributed by atoms with van der Waals surface area (Å²) in [5, 5.41) is 6.56. The highest BCUT2D eigenvalue weighted by molar-refractivity contribution is 6.03. The third-order valence-electron chi connectivity index (χ3n) is 7.24. The molecule has 3 aromatic carbocycles. The lowest BCUT2D eigenvalue weighted by Gasteiger charge is -2.35. The van der Waals surface area contributed by atoms with Crippen LogP contribution in [0.15, 0.2) is 84.0 Å². The SMILES string of the molecule is CCOc1ccc(C2CC(c3ccc(OC)cc3)=NN2C(=O)CN2CCN(Cc3ccccc3)CC2)cc1. The van der Waals surface area contributed by atoms with Gasteiger partial charge in [-0.05, 0) is 60.0 Å². The molecule has 5 rings (SSSR count). The minimum absolute atomic E-state index is 0.0314. The van der Waals surface area contributed by atoms with E-state index in [1.165, 1.54) is 5.56 Å². The number of rotatable bonds is 9. The van der Waals surface area contributed by atoms with Gasteiger partial charge in [-0.3, -0.25) is 14.6 Å². The first-order chi connectivity index (χ1) is 18.6. The largest absolute Gasteiger partial charge is 0.497 e. The minimum atomic E-state index is -0.144. The molecule has 0 aliphatic carbocycles. The lowest BCUT2D eigenvalue weighted by molar-refractivity contribution is -0.134. The molecule has 0 aromatic heterocycles. The first-order valence-corrected chi connectivity index (χ1v) is 13.4. The molecule has 198 valence electrons. The second-order valence-electron chi connectivity index (χ2n) is 9.77. The van der Waals surface area contributed by atoms with Gasteiger partial charge in [-0.15, -0.1) is 0 Å². The maximum atomic E-state index is 13.6. The number of benzene rings is 3. The highest BCUT2D eigenvalue weighted by Crippen LogP contribution is 2.34. The van der Waals surface area contributed by atoms with Gasteiger partial charge in [0.25, 0.3) is 5.91 Å². The number of methoxy groups -OCH3 is 1. The molecule has 1 fully saturated rings. The fraction of sp³-hybridized carbons (Fsp3) is 0.355. The first-order valence-electron chi connectivity index (χ1n) is 13.4. The Bertz CT molecular complexity index is 1220. The van der Waals surface area contributed by atoms with Gasteiger partial charge in [0, 0.05) is 39.1 Å². The van der Waals surface area contributed by atoms with Gasteiger partial charge in [0.05, 0.1) is 32.0 Å². The van der Waals surface area contributed by atoms with Crippen LogP contribution in [0.25, 0.3) is 0 Å². The Hall–Kier alpha value is -3.68. The van der Waals surface area contributed by atoms with E-state index in [0.717, 1.165) is 61.1 Å². The van der Waals surface area contributed by atoms with E-state index < -0.39 is 0 Å². The molecule has 1 atom stereocenters. The Morgan fingerprint density at radius 3 is 2.18 bits per heavy atom. The summed E-state index contributed by atoms with van der Waals surface area (Å²) in [6.07, 6.45) is 0.664. The summed E-state index contributed by atoms with van der Waals surface area (Å²) in [4.78, 5) is 18.3. The van der Waals surface area contributed by atoms with Gasteiger partial charge >= 0.3 is 0 Å². The summed E-state index contributed by atoms with van der Waals surface area (Å²) in [5.74, 6) is 1.66. The van der Waals surface area contributed by atoms with Crippen molar-refractivity contribution in [3.8, 4) is 11.5 Å². The van der Waals surface area contributed by atoms with Crippen molar-refractivity contribution in [1.29, 1.82) is 0 Å². The molecule has 1 saturated heterocycles. The molecular formula is C31H36N4O3. The van der Waals surface area contributed by atoms with Crippen LogP contribution in [0.1, 0.15) is 36.1 Å². The quantitative estimate of drug-likeness (QED) is 0.420. The smallest absolute Gasteiger partial charge is 0.257 e. The van der Waals surface area contributed by atoms with E-state index in [0.29, 0.717) is 19.6 Å². The van der Waals surface area contributed by atoms with Gasteiger partial charge in [0.2, 0.25) is 0 Å². The average Bonchev–Trinajstić information content (AvgIpc) is 3.41. The van der Waals surface area contributed by atoms with Crippen molar-refractivity contribution in [2.24, 2.45) is 5.10 Å². The number of carbonyl (C=O) groups is 1. The summed E-state index contributed by atoms with van der Waals surface area (Å²) >= 11 is 0. The number of ether oxygens (including phenoxy) is 2. The van der Waals surface area contributed by atoms with E-state index in [2.05, 4.69) is 40.1 Å². The minimum Gasteiger partial charge on any atom is -0.497 e. The molecule has 2 aliphatic heterocycles. The number of nitrogens with zero attached hydrogens (tertiary/aromatic N) is 4. The zero-order valence-corrected chi connectivity index (χ0v) is 22.3. The van der Waals surface area contributed by atoms with Crippen LogP contribution in [0.3, 0.4) is 0 Å². The van der Waals surface area contributed by atoms with Crippen LogP contribution in [0.5, 0.6) is 11.5 Å². The van der Waals surface area contributed by atoms with Crippen LogP contribution in [0.4, 0.5) is 0 Å². The lowest BCUT2D eigenvalue weighted by Crippen LogP contribution is -2.49. The molecule has 7 nitrogen and oxygen atoms in total. The lowest BCUT2D eigenvalue weighted by atomic mass is 9.98. The molecule has 2 aliphatic rings. The van der Waals surface area contributed by atoms with Gasteiger partial charge in [0.1, 0.15) is 11.5 Å². The number of carbonyl (C=O) groups excluding carboxylic acids is 1. The third kappa shape index (κ3) is 6.23. The normalized spacial score (nSPS) is 18.3. The van der Waals surface area contributed by atoms with Crippen molar-refractivity contribution in [2.75, 3.05) is 46.4 Å². The van der Waals surface area contributed by atoms with E-state index in [9.17, 15) is 4.79 Å². The van der Waals surface area contributed by atoms with Crippen LogP contribution >= 0.6 is 0 Å². The molecule has 0 saturated carbocycles. The second kappa shape index (κ2) is 12.2. The topological polar surface area (TPSA) is 57.6 Å². The summed E-state index contributed by atoms with van der Waals surface area (Å²) in [5.41, 5.74) is 4.30. The highest BCUT2D eigenvalue weighted by atomic mass is 16.5. The molecule has 1 unspecified atom stereocenters. The summed E-state index contributed by atoms with van der Waals surface area (Å²) < 4.78 is 10.9. The fourth-order valence-electron chi connectivity index (χ4n) is 5.12. The van der Waals surface area contributed by atoms with Crippen molar-refractivity contribution < 1.29 is 14.3 Å². The van der Waals surface area contributed by atoms with E-state index in [4.69, 9.17) is 14.6 Å². The number of hydrogen-bond donors (Lipinski definition) is 0. The van der Waals surface area contributed by atoms with Crippen LogP contribution in [-0.4, -0.2) is 72.9 Å². The summed E-state index contributed by atoms with van der Waals surface area (Å²) in [7, 11) is 1.66. The van der Waals surface area contributed by atoms with Gasteiger partial charge in [-0.25, -0.2) is 5.01 Å². The number of piperazine rings is 1. The fourth-order valence-corrected chi connectivity index (χ4v) is 5.12. The molecular weight excluding hydrogens is 476 g/mol. The average molecular weight is 513 g/mol. The van der Waals surface area contributed by atoms with Crippen LogP contribution in [0.2, 0.25) is 0 Å². The first kappa shape index (κ1) is 25.9. The van der Waals surface area contributed by atoms with E-state index in [-0.39, 0.29) is 11.9 Å². The Morgan fingerprint density at radius 1 is 0.868 bits per heavy atom. The Morgan fingerprint density at radius 2 is 1.53 bits per heavy atom. The zero-order valence-electron chi connectivity index (χ0n) is 22.3. The molecule has 7 heteroatoms. The predicted octanol–water partition coefficient (Wildman–Crippen LogP) is 4.59. The molecule has 2 heterocycles. The van der Waals surface area contributed by atoms with Crippen LogP contribution < -0.4 is 9.47 Å². The molecule has 1 amide bonds. The number of amides is 1. The van der Waals surface area contributed by atoms with E-state index in [1.807, 2.05) is 55.5 Å². The Kier molecular flexibility index (Phi) is 8.36. The van der Waals surface area contributed by atoms with Crippen LogP contribution in [-0.2, 0) is 11.3 Å². The highest BCUT2D eigenvalue weighted by Gasteiger charge is 2.34. The maximum Gasteiger partial charge on any atom is 0.257 e. The Labute approximate surface area is 225 Å². The monoisotopic (exact) mass is 512 g/mol. The molecule has 0 bridgehead atoms. The molecule has 3 aromatic rings. The van der Waals surface area contributed by atoms with Crippen molar-refractivity contribution in [1.82, 2.24) is 14.8 Å². The number of hydrogen-bond acceptors (Lipinski definition) is 6. The van der Waals surface area contributed by atoms with Gasteiger partial charge in [0.15, 0.2) is 0 Å². The molecule has 0 N–H and O–H groups in total. The standard InChI is InChI=1S/C31H36N4O3/c1-3-38-28-15-11-26(12-16-28)30-21-29(25-9-13-27(37-2)14-10-25)32-35(30)31(36)23-34-19-17-33(18-20-34)22-24-7-5-4-6-8-24/h4-16,30H,3,17-23H2,1-2H3. The molecule has 0 spiro atoms. The summed E-state index contributed by atoms with van der Waals surface area (Å²) in [6.45, 7) is 7.55. The van der Waals surface area contributed by atoms with Crippen LogP contribution in [0, 0.1) is 0 Å². The maximum absolute atomic E-state index is 13.6. The van der Waals surface area contributed by atoms with Crippen molar-refractivity contribution in [3.63, 3.8) is 0 Å². The summed E-state index contributed by atoms with van der Waals surface area (Å²) in [6, 6.07) is 26.3. The van der Waals surface area contributed by atoms with Gasteiger partial charge < -0.3 is 9.47 Å². The van der Waals surface area contributed by atoms with E-state index >= 15 is 0 Å². The molecule has 0 radical (unpaired) electrons. The van der Waals surface area contributed by atoms with Crippen molar-refractivity contribution in [3.05, 3.63) is 95.6 Å². The second-order valence-corrected chi connectivity index (χ2v) is 9.77. The third-order valence-corrected chi connectivity index (χ3v) is 7.24. The van der Waals surface area contributed by atoms with Crippen molar-refractivity contribution in [2.45, 2.75) is 25.9 Å². The van der Waals surface area contributed by atoms with E-state index in [1.54, 1.807) is 12.1 Å². The predicted molar refractivity (Wildman–Crippen MR) is 150 cm³/mol. The Balaban J connectivity index is 1.27. The molecule has 38 heavy (non-hydrogen) atoms. The zero-order chi connectivity index (χ0) is 26.3. The van der Waals surface area contributed by atoms with Gasteiger partial charge in [-0.2, -0.15) is 5.10 Å². The van der Waals surface area contributed by atoms with Gasteiger partial charge in [-0.1, -0.05) is 42.5 Å². The number of hydrazone groups is 1. The van der Waals surface area contributed by atoms with Crippen molar-refractivity contribution >= 4 is 11.6 Å².